The number of esters is 1. The zero-order chi connectivity index (χ0) is 28.2. The molecular weight excluding hydrogens is 505 g/mol. The van der Waals surface area contributed by atoms with Gasteiger partial charge in [0.05, 0.1) is 19.8 Å². The third kappa shape index (κ3) is 7.33. The maximum absolute atomic E-state index is 14.9. The van der Waals surface area contributed by atoms with Gasteiger partial charge in [-0.2, -0.15) is 0 Å². The number of morpholine rings is 1. The van der Waals surface area contributed by atoms with Gasteiger partial charge < -0.3 is 24.8 Å². The van der Waals surface area contributed by atoms with E-state index in [-0.39, 0.29) is 37.7 Å². The highest BCUT2D eigenvalue weighted by molar-refractivity contribution is 6.01. The van der Waals surface area contributed by atoms with Crippen molar-refractivity contribution >= 4 is 17.8 Å². The lowest BCUT2D eigenvalue weighted by Crippen LogP contribution is -2.45. The Morgan fingerprint density at radius 1 is 1.15 bits per heavy atom. The Morgan fingerprint density at radius 2 is 1.90 bits per heavy atom. The summed E-state index contributed by atoms with van der Waals surface area (Å²) >= 11 is 0. The van der Waals surface area contributed by atoms with Gasteiger partial charge in [-0.15, -0.1) is 0 Å². The summed E-state index contributed by atoms with van der Waals surface area (Å²) < 4.78 is 31.5. The lowest BCUT2D eigenvalue weighted by atomic mass is 10.1. The summed E-state index contributed by atoms with van der Waals surface area (Å²) in [6, 6.07) is 9.18. The van der Waals surface area contributed by atoms with Crippen LogP contribution < -0.4 is 10.5 Å². The molecule has 2 N–H and O–H groups in total. The molecule has 2 aromatic carbocycles. The highest BCUT2D eigenvalue weighted by Crippen LogP contribution is 2.33. The zero-order valence-corrected chi connectivity index (χ0v) is 22.7. The fourth-order valence-electron chi connectivity index (χ4n) is 4.79. The molecular formula is C29H36FN3O6. The van der Waals surface area contributed by atoms with Crippen LogP contribution in [0.5, 0.6) is 5.75 Å². The van der Waals surface area contributed by atoms with Crippen LogP contribution in [0.1, 0.15) is 60.7 Å². The van der Waals surface area contributed by atoms with Gasteiger partial charge in [-0.1, -0.05) is 18.2 Å². The van der Waals surface area contributed by atoms with Crippen molar-refractivity contribution in [3.63, 3.8) is 0 Å². The van der Waals surface area contributed by atoms with Crippen molar-refractivity contribution in [2.45, 2.75) is 65.0 Å². The topological polar surface area (TPSA) is 111 Å². The number of amides is 2. The third-order valence-electron chi connectivity index (χ3n) is 6.71. The van der Waals surface area contributed by atoms with E-state index in [1.165, 1.54) is 11.0 Å². The summed E-state index contributed by atoms with van der Waals surface area (Å²) in [6.07, 6.45) is -0.0165. The number of carbonyl (C=O) groups excluding carboxylic acids is 3. The molecule has 4 rings (SSSR count). The molecule has 1 atom stereocenters. The Labute approximate surface area is 228 Å². The van der Waals surface area contributed by atoms with Gasteiger partial charge in [0.15, 0.2) is 0 Å². The van der Waals surface area contributed by atoms with E-state index in [1.54, 1.807) is 45.0 Å². The molecule has 2 aliphatic heterocycles. The minimum absolute atomic E-state index is 0.0216. The highest BCUT2D eigenvalue weighted by atomic mass is 19.1. The first-order valence-electron chi connectivity index (χ1n) is 13.2. The first-order chi connectivity index (χ1) is 18.5. The Bertz CT molecular complexity index is 1220. The van der Waals surface area contributed by atoms with Crippen LogP contribution in [0.3, 0.4) is 0 Å². The molecule has 0 saturated carbocycles. The second-order valence-electron chi connectivity index (χ2n) is 10.9. The maximum Gasteiger partial charge on any atom is 0.306 e. The molecule has 39 heavy (non-hydrogen) atoms. The Hall–Kier alpha value is -3.50. The number of fused-ring (bicyclic) bond motifs is 1. The second kappa shape index (κ2) is 12.1. The molecule has 2 heterocycles. The predicted molar refractivity (Wildman–Crippen MR) is 141 cm³/mol. The number of nitrogens with zero attached hydrogens (tertiary/aromatic N) is 2. The fourth-order valence-corrected chi connectivity index (χ4v) is 4.79. The standard InChI is InChI=1S/C29H36FN3O6/c1-29(2,3)39-26(34)10-9-24(27(31)35)33-17-22-21(28(33)36)5-4-6-25(22)38-18-20-8-7-19(15-23(20)30)16-32-11-13-37-14-12-32/h4-8,15,24H,9-14,16-18H2,1-3H3,(H2,31,35). The van der Waals surface area contributed by atoms with Crippen LogP contribution in [0.2, 0.25) is 0 Å². The van der Waals surface area contributed by atoms with Gasteiger partial charge in [0.2, 0.25) is 5.91 Å². The minimum Gasteiger partial charge on any atom is -0.488 e. The molecule has 2 aliphatic rings. The van der Waals surface area contributed by atoms with Crippen molar-refractivity contribution in [3.05, 3.63) is 64.5 Å². The summed E-state index contributed by atoms with van der Waals surface area (Å²) in [5.41, 5.74) is 7.21. The molecule has 0 aromatic heterocycles. The van der Waals surface area contributed by atoms with Crippen LogP contribution in [0.4, 0.5) is 4.39 Å². The van der Waals surface area contributed by atoms with Crippen molar-refractivity contribution in [2.75, 3.05) is 26.3 Å². The first kappa shape index (κ1) is 28.5. The van der Waals surface area contributed by atoms with E-state index >= 15 is 0 Å². The summed E-state index contributed by atoms with van der Waals surface area (Å²) in [6.45, 7) is 8.98. The lowest BCUT2D eigenvalue weighted by molar-refractivity contribution is -0.155. The normalized spacial score (nSPS) is 16.6. The molecule has 0 bridgehead atoms. The average molecular weight is 542 g/mol. The van der Waals surface area contributed by atoms with Crippen LogP contribution in [0, 0.1) is 5.82 Å². The molecule has 0 radical (unpaired) electrons. The number of primary amides is 1. The SMILES string of the molecule is CC(C)(C)OC(=O)CCC(C(N)=O)N1Cc2c(OCc3ccc(CN4CCOCC4)cc3F)cccc2C1=O. The molecule has 1 fully saturated rings. The number of hydrogen-bond acceptors (Lipinski definition) is 7. The summed E-state index contributed by atoms with van der Waals surface area (Å²) in [5.74, 6) is -1.49. The van der Waals surface area contributed by atoms with Gasteiger partial charge in [0.25, 0.3) is 5.91 Å². The van der Waals surface area contributed by atoms with Crippen molar-refractivity contribution in [1.29, 1.82) is 0 Å². The van der Waals surface area contributed by atoms with Gasteiger partial charge in [0.1, 0.15) is 29.8 Å². The number of hydrogen-bond donors (Lipinski definition) is 1. The highest BCUT2D eigenvalue weighted by Gasteiger charge is 2.37. The minimum atomic E-state index is -0.985. The summed E-state index contributed by atoms with van der Waals surface area (Å²) in [4.78, 5) is 41.2. The van der Waals surface area contributed by atoms with Crippen LogP contribution in [-0.2, 0) is 38.8 Å². The molecule has 210 valence electrons. The van der Waals surface area contributed by atoms with Crippen LogP contribution in [0.15, 0.2) is 36.4 Å². The van der Waals surface area contributed by atoms with E-state index in [1.807, 2.05) is 6.07 Å². The lowest BCUT2D eigenvalue weighted by Gasteiger charge is -2.26. The summed E-state index contributed by atoms with van der Waals surface area (Å²) in [7, 11) is 0. The van der Waals surface area contributed by atoms with E-state index in [2.05, 4.69) is 4.90 Å². The maximum atomic E-state index is 14.9. The van der Waals surface area contributed by atoms with Crippen LogP contribution in [-0.4, -0.2) is 65.5 Å². The molecule has 1 unspecified atom stereocenters. The average Bonchev–Trinajstić information content (AvgIpc) is 3.20. The molecule has 10 heteroatoms. The van der Waals surface area contributed by atoms with E-state index in [0.29, 0.717) is 42.2 Å². The number of ether oxygens (including phenoxy) is 3. The monoisotopic (exact) mass is 541 g/mol. The molecule has 0 spiro atoms. The van der Waals surface area contributed by atoms with Crippen molar-refractivity contribution in [3.8, 4) is 5.75 Å². The van der Waals surface area contributed by atoms with E-state index in [9.17, 15) is 18.8 Å². The Kier molecular flexibility index (Phi) is 8.87. The van der Waals surface area contributed by atoms with Gasteiger partial charge in [-0.3, -0.25) is 19.3 Å². The van der Waals surface area contributed by atoms with E-state index in [0.717, 1.165) is 18.7 Å². The van der Waals surface area contributed by atoms with E-state index < -0.39 is 23.5 Å². The number of halogens is 1. The predicted octanol–water partition coefficient (Wildman–Crippen LogP) is 3.17. The molecule has 2 aromatic rings. The smallest absolute Gasteiger partial charge is 0.306 e. The van der Waals surface area contributed by atoms with Crippen LogP contribution in [0.25, 0.3) is 0 Å². The quantitative estimate of drug-likeness (QED) is 0.460. The molecule has 2 amide bonds. The Morgan fingerprint density at radius 3 is 2.56 bits per heavy atom. The molecule has 9 nitrogen and oxygen atoms in total. The Balaban J connectivity index is 1.41. The van der Waals surface area contributed by atoms with Gasteiger partial charge >= 0.3 is 5.97 Å². The number of carbonyl (C=O) groups is 3. The second-order valence-corrected chi connectivity index (χ2v) is 10.9. The zero-order valence-electron chi connectivity index (χ0n) is 22.7. The van der Waals surface area contributed by atoms with Gasteiger partial charge in [-0.05, 0) is 51.0 Å². The van der Waals surface area contributed by atoms with Gasteiger partial charge in [-0.25, -0.2) is 4.39 Å². The van der Waals surface area contributed by atoms with E-state index in [4.69, 9.17) is 19.9 Å². The van der Waals surface area contributed by atoms with Crippen molar-refractivity contribution in [1.82, 2.24) is 9.80 Å². The largest absolute Gasteiger partial charge is 0.488 e. The number of benzene rings is 2. The number of rotatable bonds is 10. The van der Waals surface area contributed by atoms with Crippen molar-refractivity contribution in [2.24, 2.45) is 5.73 Å². The number of nitrogens with two attached hydrogens (primary N) is 1. The molecule has 1 saturated heterocycles. The van der Waals surface area contributed by atoms with Gasteiger partial charge in [0, 0.05) is 42.7 Å². The summed E-state index contributed by atoms with van der Waals surface area (Å²) in [5, 5.41) is 0. The first-order valence-corrected chi connectivity index (χ1v) is 13.2. The molecule has 0 aliphatic carbocycles. The third-order valence-corrected chi connectivity index (χ3v) is 6.71. The van der Waals surface area contributed by atoms with Crippen molar-refractivity contribution < 1.29 is 33.0 Å². The fraction of sp³-hybridized carbons (Fsp3) is 0.483. The van der Waals surface area contributed by atoms with Crippen LogP contribution >= 0.6 is 0 Å².